The van der Waals surface area contributed by atoms with E-state index in [4.69, 9.17) is 23.1 Å². The number of nitrogens with one attached hydrogen (secondary N) is 2. The lowest BCUT2D eigenvalue weighted by atomic mass is 10.1. The van der Waals surface area contributed by atoms with Crippen LogP contribution in [0.2, 0.25) is 5.02 Å². The number of pyridine rings is 1. The third kappa shape index (κ3) is 6.82. The predicted octanol–water partition coefficient (Wildman–Crippen LogP) is 0.680. The van der Waals surface area contributed by atoms with E-state index in [2.05, 4.69) is 25.6 Å². The number of halogens is 1. The van der Waals surface area contributed by atoms with Gasteiger partial charge in [0.25, 0.3) is 11.8 Å². The summed E-state index contributed by atoms with van der Waals surface area (Å²) in [7, 11) is 1.50. The van der Waals surface area contributed by atoms with Crippen LogP contribution in [0, 0.1) is 0 Å². The Hall–Kier alpha value is -3.75. The first-order chi connectivity index (χ1) is 18.7. The number of rotatable bonds is 10. The molecule has 7 N–H and O–H groups in total. The molecule has 3 aromatic heterocycles. The van der Waals surface area contributed by atoms with Crippen molar-refractivity contribution in [1.29, 1.82) is 0 Å². The first kappa shape index (κ1) is 28.3. The number of carbonyl (C=O) groups excluding carboxylic acids is 3. The number of hydrogen-bond donors (Lipinski definition) is 5. The number of guanidine groups is 1. The van der Waals surface area contributed by atoms with Crippen molar-refractivity contribution in [2.45, 2.75) is 43.9 Å². The number of imidazole rings is 1. The van der Waals surface area contributed by atoms with Gasteiger partial charge in [-0.2, -0.15) is 0 Å². The zero-order chi connectivity index (χ0) is 28.1. The number of fused-ring (bicyclic) bond motifs is 1. The van der Waals surface area contributed by atoms with E-state index < -0.39 is 24.1 Å². The van der Waals surface area contributed by atoms with Crippen LogP contribution in [0.25, 0.3) is 5.65 Å². The van der Waals surface area contributed by atoms with E-state index in [0.717, 1.165) is 0 Å². The van der Waals surface area contributed by atoms with Gasteiger partial charge < -0.3 is 36.5 Å². The number of aliphatic hydroxyl groups is 1. The molecule has 15 heteroatoms. The number of carbonyl (C=O) groups is 3. The molecule has 0 bridgehead atoms. The molecular weight excluding hydrogens is 546 g/mol. The van der Waals surface area contributed by atoms with Crippen molar-refractivity contribution >= 4 is 52.3 Å². The molecule has 3 amide bonds. The van der Waals surface area contributed by atoms with Crippen molar-refractivity contribution in [3.63, 3.8) is 0 Å². The van der Waals surface area contributed by atoms with Crippen molar-refractivity contribution in [3.8, 4) is 0 Å². The molecule has 39 heavy (non-hydrogen) atoms. The highest BCUT2D eigenvalue weighted by Crippen LogP contribution is 2.35. The SMILES string of the molecule is CNC(=O)[C@@H](CCCCN=C(N)N)NC(=O)c1csc([C@H]2C[C@H](O)CN2C(=O)c2cn3cc(Cl)ccc3n2)n1. The molecule has 0 aromatic carbocycles. The number of likely N-dealkylation sites (N-methyl/N-ethyl adjacent to an activating group) is 1. The highest BCUT2D eigenvalue weighted by Gasteiger charge is 2.38. The largest absolute Gasteiger partial charge is 0.391 e. The van der Waals surface area contributed by atoms with Crippen molar-refractivity contribution < 1.29 is 19.5 Å². The number of unbranched alkanes of at least 4 members (excludes halogenated alkanes) is 1. The highest BCUT2D eigenvalue weighted by atomic mass is 35.5. The topological polar surface area (TPSA) is 193 Å². The molecule has 1 aliphatic rings. The fraction of sp³-hybridized carbons (Fsp3) is 0.417. The fourth-order valence-electron chi connectivity index (χ4n) is 4.38. The summed E-state index contributed by atoms with van der Waals surface area (Å²) in [5.41, 5.74) is 11.5. The normalized spacial score (nSPS) is 17.7. The monoisotopic (exact) mass is 575 g/mol. The lowest BCUT2D eigenvalue weighted by molar-refractivity contribution is -0.122. The molecule has 0 spiro atoms. The quantitative estimate of drug-likeness (QED) is 0.132. The second-order valence-corrected chi connectivity index (χ2v) is 10.4. The molecular formula is C24H30ClN9O4S. The Morgan fingerprint density at radius 3 is 2.77 bits per heavy atom. The lowest BCUT2D eigenvalue weighted by Gasteiger charge is -2.21. The van der Waals surface area contributed by atoms with Gasteiger partial charge in [0.2, 0.25) is 5.91 Å². The number of nitrogens with two attached hydrogens (primary N) is 2. The van der Waals surface area contributed by atoms with Crippen molar-refractivity contribution in [2.24, 2.45) is 16.5 Å². The molecule has 0 unspecified atom stereocenters. The molecule has 3 aromatic rings. The Balaban J connectivity index is 1.44. The van der Waals surface area contributed by atoms with Gasteiger partial charge in [0.1, 0.15) is 28.1 Å². The number of likely N-dealkylation sites (tertiary alicyclic amines) is 1. The number of thiazole rings is 1. The summed E-state index contributed by atoms with van der Waals surface area (Å²) in [5, 5.41) is 18.2. The van der Waals surface area contributed by atoms with Gasteiger partial charge in [0.05, 0.1) is 17.2 Å². The number of hydrogen-bond acceptors (Lipinski definition) is 8. The number of nitrogens with zero attached hydrogens (tertiary/aromatic N) is 5. The van der Waals surface area contributed by atoms with E-state index >= 15 is 0 Å². The minimum Gasteiger partial charge on any atom is -0.391 e. The van der Waals surface area contributed by atoms with Gasteiger partial charge in [0.15, 0.2) is 5.96 Å². The lowest BCUT2D eigenvalue weighted by Crippen LogP contribution is -2.45. The Kier molecular flexibility index (Phi) is 8.99. The summed E-state index contributed by atoms with van der Waals surface area (Å²) < 4.78 is 1.66. The third-order valence-corrected chi connectivity index (χ3v) is 7.45. The maximum Gasteiger partial charge on any atom is 0.274 e. The highest BCUT2D eigenvalue weighted by molar-refractivity contribution is 7.09. The summed E-state index contributed by atoms with van der Waals surface area (Å²) in [5.74, 6) is -1.20. The maximum absolute atomic E-state index is 13.3. The van der Waals surface area contributed by atoms with E-state index in [9.17, 15) is 19.5 Å². The van der Waals surface area contributed by atoms with Crippen molar-refractivity contribution in [2.75, 3.05) is 20.1 Å². The van der Waals surface area contributed by atoms with E-state index in [1.165, 1.54) is 23.3 Å². The van der Waals surface area contributed by atoms with Crippen LogP contribution in [0.15, 0.2) is 34.9 Å². The second kappa shape index (κ2) is 12.4. The van der Waals surface area contributed by atoms with Gasteiger partial charge in [-0.05, 0) is 31.4 Å². The van der Waals surface area contributed by atoms with Gasteiger partial charge in [-0.15, -0.1) is 11.3 Å². The molecule has 0 aliphatic carbocycles. The maximum atomic E-state index is 13.3. The van der Waals surface area contributed by atoms with Gasteiger partial charge in [-0.25, -0.2) is 9.97 Å². The summed E-state index contributed by atoms with van der Waals surface area (Å²) >= 11 is 7.25. The summed E-state index contributed by atoms with van der Waals surface area (Å²) in [6.07, 6.45) is 4.42. The van der Waals surface area contributed by atoms with Crippen molar-refractivity contribution in [1.82, 2.24) is 29.9 Å². The van der Waals surface area contributed by atoms with Crippen LogP contribution < -0.4 is 22.1 Å². The van der Waals surface area contributed by atoms with E-state index in [-0.39, 0.29) is 42.1 Å². The standard InChI is InChI=1S/C24H30ClN9O4S/c1-28-20(36)15(4-2-3-7-29-24(26)27)31-21(37)17-12-39-22(32-17)18-8-14(35)10-34(18)23(38)16-11-33-9-13(25)5-6-19(33)30-16/h5-6,9,11-12,14-15,18,35H,2-4,7-8,10H2,1H3,(H,28,36)(H,31,37)(H4,26,27,29)/t14-,15+,18+/m0/s1. The third-order valence-electron chi connectivity index (χ3n) is 6.28. The Morgan fingerprint density at radius 2 is 2.03 bits per heavy atom. The molecule has 4 rings (SSSR count). The van der Waals surface area contributed by atoms with Crippen LogP contribution in [0.5, 0.6) is 0 Å². The van der Waals surface area contributed by atoms with Crippen LogP contribution >= 0.6 is 22.9 Å². The fourth-order valence-corrected chi connectivity index (χ4v) is 5.47. The molecule has 208 valence electrons. The van der Waals surface area contributed by atoms with E-state index in [0.29, 0.717) is 41.5 Å². The van der Waals surface area contributed by atoms with Crippen LogP contribution in [-0.2, 0) is 4.79 Å². The molecule has 0 radical (unpaired) electrons. The Bertz CT molecular complexity index is 1390. The van der Waals surface area contributed by atoms with Crippen LogP contribution in [0.1, 0.15) is 57.7 Å². The minimum atomic E-state index is -0.762. The number of aromatic nitrogens is 3. The zero-order valence-electron chi connectivity index (χ0n) is 21.2. The minimum absolute atomic E-state index is 0.00352. The van der Waals surface area contributed by atoms with Crippen LogP contribution in [0.4, 0.5) is 0 Å². The first-order valence-electron chi connectivity index (χ1n) is 12.3. The van der Waals surface area contributed by atoms with Gasteiger partial charge in [0, 0.05) is 44.3 Å². The number of aliphatic hydroxyl groups excluding tert-OH is 1. The number of β-amino-alcohol motifs (C(OH)–C–C–N with tert-alkyl or cyclic N) is 1. The molecule has 0 saturated carbocycles. The summed E-state index contributed by atoms with van der Waals surface area (Å²) in [6, 6.07) is 2.10. The summed E-state index contributed by atoms with van der Waals surface area (Å²) in [4.78, 5) is 52.9. The molecule has 1 saturated heterocycles. The molecule has 1 fully saturated rings. The van der Waals surface area contributed by atoms with Gasteiger partial charge in [-0.3, -0.25) is 19.4 Å². The average molecular weight is 576 g/mol. The molecule has 3 atom stereocenters. The number of aliphatic imine (C=N–C) groups is 1. The summed E-state index contributed by atoms with van der Waals surface area (Å²) in [6.45, 7) is 0.537. The average Bonchev–Trinajstić information content (AvgIpc) is 3.64. The Labute approximate surface area is 233 Å². The predicted molar refractivity (Wildman–Crippen MR) is 147 cm³/mol. The van der Waals surface area contributed by atoms with Crippen LogP contribution in [-0.4, -0.2) is 80.3 Å². The first-order valence-corrected chi connectivity index (χ1v) is 13.6. The van der Waals surface area contributed by atoms with Gasteiger partial charge >= 0.3 is 0 Å². The zero-order valence-corrected chi connectivity index (χ0v) is 22.8. The van der Waals surface area contributed by atoms with Gasteiger partial charge in [-0.1, -0.05) is 11.6 Å². The number of amides is 3. The second-order valence-electron chi connectivity index (χ2n) is 9.12. The molecule has 4 heterocycles. The van der Waals surface area contributed by atoms with Crippen molar-refractivity contribution in [3.05, 3.63) is 51.3 Å². The van der Waals surface area contributed by atoms with Crippen LogP contribution in [0.3, 0.4) is 0 Å². The Morgan fingerprint density at radius 1 is 1.23 bits per heavy atom. The van der Waals surface area contributed by atoms with E-state index in [1.54, 1.807) is 34.3 Å². The smallest absolute Gasteiger partial charge is 0.274 e. The van der Waals surface area contributed by atoms with E-state index in [1.807, 2.05) is 0 Å². The molecule has 1 aliphatic heterocycles. The molecule has 13 nitrogen and oxygen atoms in total.